The molecule has 0 saturated carbocycles. The van der Waals surface area contributed by atoms with E-state index in [-0.39, 0.29) is 6.67 Å². The lowest BCUT2D eigenvalue weighted by Crippen LogP contribution is -2.30. The van der Waals surface area contributed by atoms with Gasteiger partial charge in [-0.15, -0.1) is 0 Å². The van der Waals surface area contributed by atoms with Crippen LogP contribution in [-0.2, 0) is 0 Å². The molecule has 12 heavy (non-hydrogen) atoms. The predicted octanol–water partition coefficient (Wildman–Crippen LogP) is 0.640. The smallest absolute Gasteiger partial charge is 0.0906 e. The second-order valence-corrected chi connectivity index (χ2v) is 3.91. The van der Waals surface area contributed by atoms with E-state index in [0.717, 1.165) is 19.0 Å². The molecule has 0 radical (unpaired) electrons. The Morgan fingerprint density at radius 1 is 1.42 bits per heavy atom. The molecule has 0 spiro atoms. The van der Waals surface area contributed by atoms with Gasteiger partial charge in [0.15, 0.2) is 0 Å². The number of nitrogens with zero attached hydrogens (tertiary/aromatic N) is 1. The Hall–Kier alpha value is -0.150. The number of nitrogens with one attached hydrogen (secondary N) is 1. The molecule has 0 unspecified atom stereocenters. The first kappa shape index (κ1) is 8.45. The van der Waals surface area contributed by atoms with Gasteiger partial charge in [0.1, 0.15) is 0 Å². The molecule has 2 saturated heterocycles. The molecule has 2 heterocycles. The summed E-state index contributed by atoms with van der Waals surface area (Å²) < 4.78 is 11.9. The minimum atomic E-state index is -0.167. The molecule has 2 aliphatic rings. The van der Waals surface area contributed by atoms with E-state index in [9.17, 15) is 4.39 Å². The Bertz CT molecular complexity index is 139. The van der Waals surface area contributed by atoms with Gasteiger partial charge in [-0.1, -0.05) is 0 Å². The van der Waals surface area contributed by atoms with Gasteiger partial charge in [-0.2, -0.15) is 0 Å². The van der Waals surface area contributed by atoms with Crippen LogP contribution in [0.2, 0.25) is 0 Å². The van der Waals surface area contributed by atoms with E-state index in [1.807, 2.05) is 0 Å². The van der Waals surface area contributed by atoms with E-state index in [1.54, 1.807) is 0 Å². The molecule has 3 heteroatoms. The largest absolute Gasteiger partial charge is 0.312 e. The highest BCUT2D eigenvalue weighted by Crippen LogP contribution is 2.24. The van der Waals surface area contributed by atoms with E-state index >= 15 is 0 Å². The SMILES string of the molecule is FCCCN1C[C@@H]2CCN[C@@H]2C1. The molecule has 2 fully saturated rings. The van der Waals surface area contributed by atoms with Crippen LogP contribution in [0.15, 0.2) is 0 Å². The minimum Gasteiger partial charge on any atom is -0.312 e. The van der Waals surface area contributed by atoms with Crippen molar-refractivity contribution < 1.29 is 4.39 Å². The van der Waals surface area contributed by atoms with Crippen molar-refractivity contribution in [3.8, 4) is 0 Å². The number of hydrogen-bond donors (Lipinski definition) is 1. The summed E-state index contributed by atoms with van der Waals surface area (Å²) in [6.07, 6.45) is 2.02. The highest BCUT2D eigenvalue weighted by Gasteiger charge is 2.35. The molecule has 0 aromatic rings. The van der Waals surface area contributed by atoms with Gasteiger partial charge in [0.05, 0.1) is 6.67 Å². The van der Waals surface area contributed by atoms with Crippen LogP contribution in [0.5, 0.6) is 0 Å². The fourth-order valence-corrected chi connectivity index (χ4v) is 2.40. The summed E-state index contributed by atoms with van der Waals surface area (Å²) in [6, 6.07) is 0.713. The van der Waals surface area contributed by atoms with E-state index in [4.69, 9.17) is 0 Å². The van der Waals surface area contributed by atoms with Crippen molar-refractivity contribution in [3.63, 3.8) is 0 Å². The van der Waals surface area contributed by atoms with Crippen molar-refractivity contribution in [3.05, 3.63) is 0 Å². The number of hydrogen-bond acceptors (Lipinski definition) is 2. The van der Waals surface area contributed by atoms with E-state index in [1.165, 1.54) is 19.5 Å². The molecule has 0 aliphatic carbocycles. The lowest BCUT2D eigenvalue weighted by Gasteiger charge is -2.15. The van der Waals surface area contributed by atoms with E-state index in [2.05, 4.69) is 10.2 Å². The standard InChI is InChI=1S/C9H17FN2/c10-3-1-5-12-6-8-2-4-11-9(8)7-12/h8-9,11H,1-7H2/t8-,9+/m0/s1. The van der Waals surface area contributed by atoms with Crippen LogP contribution >= 0.6 is 0 Å². The maximum Gasteiger partial charge on any atom is 0.0906 e. The van der Waals surface area contributed by atoms with Crippen LogP contribution in [0, 0.1) is 5.92 Å². The Balaban J connectivity index is 1.75. The first-order valence-electron chi connectivity index (χ1n) is 4.92. The van der Waals surface area contributed by atoms with Crippen LogP contribution in [0.1, 0.15) is 12.8 Å². The summed E-state index contributed by atoms with van der Waals surface area (Å²) in [5, 5.41) is 3.49. The minimum absolute atomic E-state index is 0.167. The lowest BCUT2D eigenvalue weighted by molar-refractivity contribution is 0.293. The lowest BCUT2D eigenvalue weighted by atomic mass is 10.1. The number of fused-ring (bicyclic) bond motifs is 1. The third-order valence-electron chi connectivity index (χ3n) is 3.05. The molecule has 70 valence electrons. The third kappa shape index (κ3) is 1.62. The Labute approximate surface area is 73.1 Å². The average Bonchev–Trinajstić information content (AvgIpc) is 2.58. The molecule has 2 rings (SSSR count). The molecule has 2 nitrogen and oxygen atoms in total. The normalized spacial score (nSPS) is 35.8. The van der Waals surface area contributed by atoms with Gasteiger partial charge in [0, 0.05) is 25.7 Å². The van der Waals surface area contributed by atoms with Gasteiger partial charge >= 0.3 is 0 Å². The first-order valence-corrected chi connectivity index (χ1v) is 4.92. The summed E-state index contributed by atoms with van der Waals surface area (Å²) in [4.78, 5) is 2.39. The molecule has 0 aromatic carbocycles. The Morgan fingerprint density at radius 3 is 3.08 bits per heavy atom. The van der Waals surface area contributed by atoms with Gasteiger partial charge in [-0.25, -0.2) is 0 Å². The van der Waals surface area contributed by atoms with Gasteiger partial charge in [-0.05, 0) is 25.3 Å². The molecular formula is C9H17FN2. The quantitative estimate of drug-likeness (QED) is 0.672. The van der Waals surface area contributed by atoms with Gasteiger partial charge in [0.2, 0.25) is 0 Å². The van der Waals surface area contributed by atoms with Crippen molar-refractivity contribution in [2.75, 3.05) is 32.9 Å². The van der Waals surface area contributed by atoms with E-state index in [0.29, 0.717) is 12.5 Å². The number of alkyl halides is 1. The second-order valence-electron chi connectivity index (χ2n) is 3.91. The van der Waals surface area contributed by atoms with Crippen LogP contribution in [-0.4, -0.2) is 43.8 Å². The number of likely N-dealkylation sites (tertiary alicyclic amines) is 1. The third-order valence-corrected chi connectivity index (χ3v) is 3.05. The van der Waals surface area contributed by atoms with Crippen molar-refractivity contribution in [1.29, 1.82) is 0 Å². The summed E-state index contributed by atoms with van der Waals surface area (Å²) in [7, 11) is 0. The first-order chi connectivity index (χ1) is 5.90. The zero-order valence-electron chi connectivity index (χ0n) is 7.43. The zero-order valence-corrected chi connectivity index (χ0v) is 7.43. The Morgan fingerprint density at radius 2 is 2.33 bits per heavy atom. The Kier molecular flexibility index (Phi) is 2.61. The maximum atomic E-state index is 11.9. The summed E-state index contributed by atoms with van der Waals surface area (Å²) in [5.41, 5.74) is 0. The average molecular weight is 172 g/mol. The number of halogens is 1. The molecule has 0 bridgehead atoms. The summed E-state index contributed by atoms with van der Waals surface area (Å²) in [5.74, 6) is 0.851. The zero-order chi connectivity index (χ0) is 8.39. The van der Waals surface area contributed by atoms with Crippen molar-refractivity contribution in [2.24, 2.45) is 5.92 Å². The predicted molar refractivity (Wildman–Crippen MR) is 46.9 cm³/mol. The summed E-state index contributed by atoms with van der Waals surface area (Å²) in [6.45, 7) is 4.30. The fraction of sp³-hybridized carbons (Fsp3) is 1.00. The highest BCUT2D eigenvalue weighted by molar-refractivity contribution is 4.93. The van der Waals surface area contributed by atoms with Crippen LogP contribution in [0.3, 0.4) is 0 Å². The maximum absolute atomic E-state index is 11.9. The van der Waals surface area contributed by atoms with Crippen LogP contribution in [0.25, 0.3) is 0 Å². The molecule has 0 aromatic heterocycles. The summed E-state index contributed by atoms with van der Waals surface area (Å²) >= 11 is 0. The van der Waals surface area contributed by atoms with Gasteiger partial charge < -0.3 is 10.2 Å². The number of rotatable bonds is 3. The topological polar surface area (TPSA) is 15.3 Å². The van der Waals surface area contributed by atoms with Crippen molar-refractivity contribution in [2.45, 2.75) is 18.9 Å². The highest BCUT2D eigenvalue weighted by atomic mass is 19.1. The molecule has 1 N–H and O–H groups in total. The van der Waals surface area contributed by atoms with Crippen LogP contribution in [0.4, 0.5) is 4.39 Å². The molecular weight excluding hydrogens is 155 g/mol. The molecule has 2 atom stereocenters. The van der Waals surface area contributed by atoms with Crippen molar-refractivity contribution >= 4 is 0 Å². The van der Waals surface area contributed by atoms with Gasteiger partial charge in [-0.3, -0.25) is 4.39 Å². The monoisotopic (exact) mass is 172 g/mol. The van der Waals surface area contributed by atoms with Crippen LogP contribution < -0.4 is 5.32 Å². The van der Waals surface area contributed by atoms with Gasteiger partial charge in [0.25, 0.3) is 0 Å². The van der Waals surface area contributed by atoms with Crippen molar-refractivity contribution in [1.82, 2.24) is 10.2 Å². The van der Waals surface area contributed by atoms with E-state index < -0.39 is 0 Å². The second kappa shape index (κ2) is 3.71. The molecule has 0 amide bonds. The molecule has 2 aliphatic heterocycles. The fourth-order valence-electron chi connectivity index (χ4n) is 2.40.